The van der Waals surface area contributed by atoms with Crippen molar-refractivity contribution in [3.05, 3.63) is 0 Å². The molecule has 0 radical (unpaired) electrons. The second-order valence-electron chi connectivity index (χ2n) is 5.46. The largest absolute Gasteiger partial charge is 0.444 e. The highest BCUT2D eigenvalue weighted by molar-refractivity contribution is 6.18. The van der Waals surface area contributed by atoms with Crippen molar-refractivity contribution in [2.24, 2.45) is 0 Å². The van der Waals surface area contributed by atoms with E-state index in [1.165, 1.54) is 0 Å². The lowest BCUT2D eigenvalue weighted by atomic mass is 9.98. The van der Waals surface area contributed by atoms with Gasteiger partial charge in [0.05, 0.1) is 18.0 Å². The number of amides is 1. The van der Waals surface area contributed by atoms with Gasteiger partial charge in [0.2, 0.25) is 0 Å². The van der Waals surface area contributed by atoms with Gasteiger partial charge >= 0.3 is 6.09 Å². The average Bonchev–Trinajstić information content (AvgIpc) is 2.25. The zero-order chi connectivity index (χ0) is 13.1. The Morgan fingerprint density at radius 3 is 2.71 bits per heavy atom. The number of alkyl halides is 1. The standard InChI is InChI=1S/C12H22ClNO3/c1-12(2,3)17-11(16)14-7-5-4-6-9(14)10(15)8-13/h9-10,15H,4-8H2,1-3H3. The predicted octanol–water partition coefficient (Wildman–Crippen LogP) is 2.38. The molecule has 2 atom stereocenters. The lowest BCUT2D eigenvalue weighted by molar-refractivity contribution is -0.0118. The first kappa shape index (κ1) is 14.6. The molecule has 0 bridgehead atoms. The van der Waals surface area contributed by atoms with Crippen molar-refractivity contribution in [3.8, 4) is 0 Å². The number of nitrogens with zero attached hydrogens (tertiary/aromatic N) is 1. The van der Waals surface area contributed by atoms with Gasteiger partial charge in [-0.25, -0.2) is 4.79 Å². The maximum atomic E-state index is 12.0. The summed E-state index contributed by atoms with van der Waals surface area (Å²) in [6.07, 6.45) is 1.71. The second kappa shape index (κ2) is 5.91. The number of hydrogen-bond donors (Lipinski definition) is 1. The number of ether oxygens (including phenoxy) is 1. The second-order valence-corrected chi connectivity index (χ2v) is 5.77. The smallest absolute Gasteiger partial charge is 0.410 e. The van der Waals surface area contributed by atoms with Crippen molar-refractivity contribution in [2.75, 3.05) is 12.4 Å². The summed E-state index contributed by atoms with van der Waals surface area (Å²) in [5.41, 5.74) is -0.509. The van der Waals surface area contributed by atoms with E-state index in [2.05, 4.69) is 0 Å². The molecule has 1 aliphatic heterocycles. The highest BCUT2D eigenvalue weighted by atomic mass is 35.5. The van der Waals surface area contributed by atoms with Crippen LogP contribution >= 0.6 is 11.6 Å². The first-order valence-electron chi connectivity index (χ1n) is 6.09. The molecule has 0 saturated carbocycles. The lowest BCUT2D eigenvalue weighted by Gasteiger charge is -2.38. The van der Waals surface area contributed by atoms with Crippen LogP contribution in [0.2, 0.25) is 0 Å². The molecule has 2 unspecified atom stereocenters. The zero-order valence-electron chi connectivity index (χ0n) is 10.8. The molecule has 4 nitrogen and oxygen atoms in total. The number of halogens is 1. The van der Waals surface area contributed by atoms with Gasteiger partial charge in [0.15, 0.2) is 0 Å². The van der Waals surface area contributed by atoms with E-state index in [4.69, 9.17) is 16.3 Å². The summed E-state index contributed by atoms with van der Waals surface area (Å²) >= 11 is 5.66. The molecule has 17 heavy (non-hydrogen) atoms. The molecular formula is C12H22ClNO3. The molecular weight excluding hydrogens is 242 g/mol. The molecule has 1 rings (SSSR count). The van der Waals surface area contributed by atoms with Gasteiger partial charge in [0.25, 0.3) is 0 Å². The van der Waals surface area contributed by atoms with E-state index in [0.717, 1.165) is 19.3 Å². The minimum absolute atomic E-state index is 0.143. The van der Waals surface area contributed by atoms with Crippen molar-refractivity contribution in [1.29, 1.82) is 0 Å². The summed E-state index contributed by atoms with van der Waals surface area (Å²) in [6, 6.07) is -0.212. The molecule has 1 heterocycles. The maximum Gasteiger partial charge on any atom is 0.410 e. The fraction of sp³-hybridized carbons (Fsp3) is 0.917. The van der Waals surface area contributed by atoms with Crippen molar-refractivity contribution >= 4 is 17.7 Å². The highest BCUT2D eigenvalue weighted by Gasteiger charge is 2.34. The Kier molecular flexibility index (Phi) is 5.07. The summed E-state index contributed by atoms with van der Waals surface area (Å²) in [4.78, 5) is 13.6. The van der Waals surface area contributed by atoms with Gasteiger partial charge in [0, 0.05) is 6.54 Å². The molecule has 1 aliphatic rings. The van der Waals surface area contributed by atoms with Crippen molar-refractivity contribution in [2.45, 2.75) is 57.8 Å². The number of hydrogen-bond acceptors (Lipinski definition) is 3. The van der Waals surface area contributed by atoms with E-state index in [0.29, 0.717) is 6.54 Å². The highest BCUT2D eigenvalue weighted by Crippen LogP contribution is 2.23. The van der Waals surface area contributed by atoms with E-state index in [9.17, 15) is 9.90 Å². The third-order valence-corrected chi connectivity index (χ3v) is 3.10. The number of carbonyl (C=O) groups is 1. The Morgan fingerprint density at radius 1 is 1.53 bits per heavy atom. The lowest BCUT2D eigenvalue weighted by Crippen LogP contribution is -2.51. The van der Waals surface area contributed by atoms with Gasteiger partial charge in [-0.1, -0.05) is 0 Å². The molecule has 1 fully saturated rings. The summed E-state index contributed by atoms with van der Waals surface area (Å²) < 4.78 is 5.33. The summed E-state index contributed by atoms with van der Waals surface area (Å²) in [7, 11) is 0. The zero-order valence-corrected chi connectivity index (χ0v) is 11.5. The average molecular weight is 264 g/mol. The van der Waals surface area contributed by atoms with Gasteiger partial charge in [-0.3, -0.25) is 0 Å². The summed E-state index contributed by atoms with van der Waals surface area (Å²) in [6.45, 7) is 6.14. The molecule has 0 aromatic rings. The Bertz CT molecular complexity index is 265. The molecule has 0 aromatic carbocycles. The van der Waals surface area contributed by atoms with Crippen molar-refractivity contribution in [3.63, 3.8) is 0 Å². The molecule has 5 heteroatoms. The Balaban J connectivity index is 2.67. The molecule has 1 saturated heterocycles. The molecule has 1 N–H and O–H groups in total. The topological polar surface area (TPSA) is 49.8 Å². The number of likely N-dealkylation sites (tertiary alicyclic amines) is 1. The van der Waals surface area contributed by atoms with Crippen LogP contribution in [0.3, 0.4) is 0 Å². The van der Waals surface area contributed by atoms with Crippen molar-refractivity contribution in [1.82, 2.24) is 4.90 Å². The van der Waals surface area contributed by atoms with Gasteiger partial charge in [0.1, 0.15) is 5.60 Å². The fourth-order valence-electron chi connectivity index (χ4n) is 2.01. The Labute approximate surface area is 108 Å². The van der Waals surface area contributed by atoms with E-state index < -0.39 is 11.7 Å². The molecule has 100 valence electrons. The molecule has 0 spiro atoms. The first-order valence-corrected chi connectivity index (χ1v) is 6.62. The molecule has 1 amide bonds. The first-order chi connectivity index (χ1) is 7.85. The fourth-order valence-corrected chi connectivity index (χ4v) is 2.21. The summed E-state index contributed by atoms with van der Waals surface area (Å²) in [5.74, 6) is 0.143. The van der Waals surface area contributed by atoms with E-state index in [1.54, 1.807) is 4.90 Å². The normalized spacial score (nSPS) is 23.4. The minimum atomic E-state index is -0.676. The SMILES string of the molecule is CC(C)(C)OC(=O)N1CCCCC1C(O)CCl. The van der Waals surface area contributed by atoms with Crippen LogP contribution < -0.4 is 0 Å². The third kappa shape index (κ3) is 4.36. The van der Waals surface area contributed by atoms with Crippen LogP contribution in [0, 0.1) is 0 Å². The van der Waals surface area contributed by atoms with Crippen LogP contribution in [0.15, 0.2) is 0 Å². The third-order valence-electron chi connectivity index (χ3n) is 2.78. The number of aliphatic hydroxyl groups is 1. The van der Waals surface area contributed by atoms with Gasteiger partial charge in [-0.05, 0) is 40.0 Å². The van der Waals surface area contributed by atoms with Crippen LogP contribution in [-0.2, 0) is 4.74 Å². The van der Waals surface area contributed by atoms with Crippen LogP contribution in [-0.4, -0.2) is 46.3 Å². The van der Waals surface area contributed by atoms with Crippen LogP contribution in [0.5, 0.6) is 0 Å². The minimum Gasteiger partial charge on any atom is -0.444 e. The van der Waals surface area contributed by atoms with Crippen LogP contribution in [0.1, 0.15) is 40.0 Å². The van der Waals surface area contributed by atoms with Crippen LogP contribution in [0.4, 0.5) is 4.79 Å². The maximum absolute atomic E-state index is 12.0. The van der Waals surface area contributed by atoms with E-state index in [-0.39, 0.29) is 18.0 Å². The number of rotatable bonds is 2. The number of carbonyl (C=O) groups excluding carboxylic acids is 1. The number of piperidine rings is 1. The Morgan fingerprint density at radius 2 is 2.18 bits per heavy atom. The quantitative estimate of drug-likeness (QED) is 0.779. The van der Waals surface area contributed by atoms with Gasteiger partial charge < -0.3 is 14.7 Å². The Hall–Kier alpha value is -0.480. The van der Waals surface area contributed by atoms with Gasteiger partial charge in [-0.2, -0.15) is 0 Å². The predicted molar refractivity (Wildman–Crippen MR) is 67.3 cm³/mol. The van der Waals surface area contributed by atoms with Gasteiger partial charge in [-0.15, -0.1) is 11.6 Å². The van der Waals surface area contributed by atoms with Crippen molar-refractivity contribution < 1.29 is 14.6 Å². The van der Waals surface area contributed by atoms with E-state index >= 15 is 0 Å². The molecule has 0 aromatic heterocycles. The molecule has 0 aliphatic carbocycles. The summed E-state index contributed by atoms with van der Waals surface area (Å²) in [5, 5.41) is 9.82. The number of aliphatic hydroxyl groups excluding tert-OH is 1. The van der Waals surface area contributed by atoms with Crippen LogP contribution in [0.25, 0.3) is 0 Å². The monoisotopic (exact) mass is 263 g/mol. The van der Waals surface area contributed by atoms with E-state index in [1.807, 2.05) is 20.8 Å².